The molecule has 6 heteroatoms. The fourth-order valence-electron chi connectivity index (χ4n) is 2.23. The van der Waals surface area contributed by atoms with Gasteiger partial charge in [0.25, 0.3) is 0 Å². The van der Waals surface area contributed by atoms with Crippen molar-refractivity contribution in [3.05, 3.63) is 82.4 Å². The Morgan fingerprint density at radius 1 is 1.08 bits per heavy atom. The van der Waals surface area contributed by atoms with E-state index in [1.807, 2.05) is 0 Å². The number of thiazole rings is 1. The SMILES string of the molecule is O=C(Cc1ccccc1F)Nc1ncc(Cc2ccc(F)cc2)s1. The molecule has 0 saturated heterocycles. The molecule has 0 bridgehead atoms. The van der Waals surface area contributed by atoms with Crippen LogP contribution >= 0.6 is 11.3 Å². The van der Waals surface area contributed by atoms with E-state index in [1.165, 1.54) is 29.5 Å². The van der Waals surface area contributed by atoms with Crippen molar-refractivity contribution in [2.45, 2.75) is 12.8 Å². The first kappa shape index (κ1) is 16.3. The number of carbonyl (C=O) groups excluding carboxylic acids is 1. The lowest BCUT2D eigenvalue weighted by Crippen LogP contribution is -2.14. The number of amides is 1. The van der Waals surface area contributed by atoms with Crippen molar-refractivity contribution in [1.29, 1.82) is 0 Å². The highest BCUT2D eigenvalue weighted by Gasteiger charge is 2.10. The second-order valence-corrected chi connectivity index (χ2v) is 6.37. The zero-order valence-corrected chi connectivity index (χ0v) is 13.4. The molecule has 0 fully saturated rings. The third kappa shape index (κ3) is 4.23. The highest BCUT2D eigenvalue weighted by Crippen LogP contribution is 2.21. The standard InChI is InChI=1S/C18H14F2N2OS/c19-14-7-5-12(6-8-14)9-15-11-21-18(24-15)22-17(23)10-13-3-1-2-4-16(13)20/h1-8,11H,9-10H2,(H,21,22,23). The highest BCUT2D eigenvalue weighted by molar-refractivity contribution is 7.15. The van der Waals surface area contributed by atoms with Crippen molar-refractivity contribution in [1.82, 2.24) is 4.98 Å². The average molecular weight is 344 g/mol. The Bertz CT molecular complexity index is 846. The van der Waals surface area contributed by atoms with Gasteiger partial charge in [-0.1, -0.05) is 30.3 Å². The van der Waals surface area contributed by atoms with Crippen LogP contribution in [0.4, 0.5) is 13.9 Å². The second-order valence-electron chi connectivity index (χ2n) is 5.25. The van der Waals surface area contributed by atoms with Gasteiger partial charge in [0.15, 0.2) is 5.13 Å². The summed E-state index contributed by atoms with van der Waals surface area (Å²) in [4.78, 5) is 17.1. The first-order chi connectivity index (χ1) is 11.6. The first-order valence-electron chi connectivity index (χ1n) is 7.32. The Labute approximate surface area is 142 Å². The highest BCUT2D eigenvalue weighted by atomic mass is 32.1. The fraction of sp³-hybridized carbons (Fsp3) is 0.111. The Morgan fingerprint density at radius 2 is 1.83 bits per heavy atom. The maximum Gasteiger partial charge on any atom is 0.230 e. The summed E-state index contributed by atoms with van der Waals surface area (Å²) in [5.41, 5.74) is 1.31. The number of benzene rings is 2. The predicted octanol–water partition coefficient (Wildman–Crippen LogP) is 4.19. The second kappa shape index (κ2) is 7.31. The molecule has 3 nitrogen and oxygen atoms in total. The molecule has 0 aliphatic heterocycles. The van der Waals surface area contributed by atoms with E-state index < -0.39 is 5.82 Å². The normalized spacial score (nSPS) is 10.6. The molecule has 1 aromatic heterocycles. The van der Waals surface area contributed by atoms with Crippen LogP contribution in [-0.4, -0.2) is 10.9 Å². The molecule has 24 heavy (non-hydrogen) atoms. The van der Waals surface area contributed by atoms with Gasteiger partial charge in [-0.05, 0) is 29.3 Å². The van der Waals surface area contributed by atoms with Gasteiger partial charge in [-0.3, -0.25) is 4.79 Å². The van der Waals surface area contributed by atoms with Crippen molar-refractivity contribution in [2.24, 2.45) is 0 Å². The summed E-state index contributed by atoms with van der Waals surface area (Å²) in [6, 6.07) is 12.4. The number of halogens is 2. The summed E-state index contributed by atoms with van der Waals surface area (Å²) < 4.78 is 26.4. The molecule has 1 amide bonds. The Morgan fingerprint density at radius 3 is 2.58 bits per heavy atom. The summed E-state index contributed by atoms with van der Waals surface area (Å²) >= 11 is 1.34. The van der Waals surface area contributed by atoms with Gasteiger partial charge < -0.3 is 5.32 Å². The monoisotopic (exact) mass is 344 g/mol. The van der Waals surface area contributed by atoms with E-state index in [2.05, 4.69) is 10.3 Å². The fourth-order valence-corrected chi connectivity index (χ4v) is 3.09. The van der Waals surface area contributed by atoms with Gasteiger partial charge in [0.2, 0.25) is 5.91 Å². The summed E-state index contributed by atoms with van der Waals surface area (Å²) in [6.07, 6.45) is 2.24. The van der Waals surface area contributed by atoms with Crippen LogP contribution in [0.3, 0.4) is 0 Å². The molecule has 0 aliphatic carbocycles. The van der Waals surface area contributed by atoms with Gasteiger partial charge in [-0.15, -0.1) is 11.3 Å². The number of rotatable bonds is 5. The Kier molecular flexibility index (Phi) is 4.96. The molecule has 0 unspecified atom stereocenters. The van der Waals surface area contributed by atoms with Crippen LogP contribution in [0.25, 0.3) is 0 Å². The minimum atomic E-state index is -0.399. The number of aromatic nitrogens is 1. The van der Waals surface area contributed by atoms with E-state index in [9.17, 15) is 13.6 Å². The number of carbonyl (C=O) groups is 1. The molecule has 1 N–H and O–H groups in total. The van der Waals surface area contributed by atoms with Crippen molar-refractivity contribution in [3.63, 3.8) is 0 Å². The topological polar surface area (TPSA) is 42.0 Å². The third-order valence-corrected chi connectivity index (χ3v) is 4.31. The van der Waals surface area contributed by atoms with E-state index >= 15 is 0 Å². The smallest absolute Gasteiger partial charge is 0.230 e. The largest absolute Gasteiger partial charge is 0.302 e. The van der Waals surface area contributed by atoms with Crippen LogP contribution in [0.15, 0.2) is 54.7 Å². The van der Waals surface area contributed by atoms with E-state index in [1.54, 1.807) is 36.5 Å². The molecule has 0 atom stereocenters. The molecular weight excluding hydrogens is 330 g/mol. The lowest BCUT2D eigenvalue weighted by molar-refractivity contribution is -0.115. The van der Waals surface area contributed by atoms with Crippen LogP contribution in [0.5, 0.6) is 0 Å². The molecule has 0 spiro atoms. The molecule has 2 aromatic carbocycles. The van der Waals surface area contributed by atoms with Crippen molar-refractivity contribution in [2.75, 3.05) is 5.32 Å². The maximum absolute atomic E-state index is 13.5. The zero-order chi connectivity index (χ0) is 16.9. The number of nitrogens with zero attached hydrogens (tertiary/aromatic N) is 1. The minimum absolute atomic E-state index is 0.0421. The molecule has 0 aliphatic rings. The van der Waals surface area contributed by atoms with E-state index in [0.717, 1.165) is 10.4 Å². The van der Waals surface area contributed by atoms with Gasteiger partial charge in [0.1, 0.15) is 11.6 Å². The summed E-state index contributed by atoms with van der Waals surface area (Å²) in [5.74, 6) is -0.990. The summed E-state index contributed by atoms with van der Waals surface area (Å²) in [5, 5.41) is 3.14. The molecule has 3 rings (SSSR count). The molecule has 1 heterocycles. The molecule has 3 aromatic rings. The first-order valence-corrected chi connectivity index (χ1v) is 8.14. The number of nitrogens with one attached hydrogen (secondary N) is 1. The van der Waals surface area contributed by atoms with Crippen LogP contribution in [-0.2, 0) is 17.6 Å². The quantitative estimate of drug-likeness (QED) is 0.754. The zero-order valence-electron chi connectivity index (χ0n) is 12.6. The Hall–Kier alpha value is -2.60. The van der Waals surface area contributed by atoms with E-state index in [-0.39, 0.29) is 18.1 Å². The lowest BCUT2D eigenvalue weighted by atomic mass is 10.1. The van der Waals surface area contributed by atoms with Crippen LogP contribution in [0, 0.1) is 11.6 Å². The third-order valence-electron chi connectivity index (χ3n) is 3.40. The number of hydrogen-bond acceptors (Lipinski definition) is 3. The van der Waals surface area contributed by atoms with Crippen LogP contribution in [0.1, 0.15) is 16.0 Å². The minimum Gasteiger partial charge on any atom is -0.302 e. The van der Waals surface area contributed by atoms with Crippen molar-refractivity contribution in [3.8, 4) is 0 Å². The van der Waals surface area contributed by atoms with Crippen LogP contribution in [0.2, 0.25) is 0 Å². The molecule has 0 saturated carbocycles. The number of anilines is 1. The average Bonchev–Trinajstić information content (AvgIpc) is 2.99. The van der Waals surface area contributed by atoms with Gasteiger partial charge >= 0.3 is 0 Å². The summed E-state index contributed by atoms with van der Waals surface area (Å²) in [7, 11) is 0. The van der Waals surface area contributed by atoms with Gasteiger partial charge in [0, 0.05) is 17.5 Å². The van der Waals surface area contributed by atoms with Crippen molar-refractivity contribution >= 4 is 22.4 Å². The summed E-state index contributed by atoms with van der Waals surface area (Å²) in [6.45, 7) is 0. The van der Waals surface area contributed by atoms with Gasteiger partial charge in [-0.2, -0.15) is 0 Å². The maximum atomic E-state index is 13.5. The van der Waals surface area contributed by atoms with Gasteiger partial charge in [-0.25, -0.2) is 13.8 Å². The molecular formula is C18H14F2N2OS. The molecule has 0 radical (unpaired) electrons. The lowest BCUT2D eigenvalue weighted by Gasteiger charge is -2.03. The molecule has 122 valence electrons. The van der Waals surface area contributed by atoms with E-state index in [4.69, 9.17) is 0 Å². The van der Waals surface area contributed by atoms with Gasteiger partial charge in [0.05, 0.1) is 6.42 Å². The van der Waals surface area contributed by atoms with Crippen molar-refractivity contribution < 1.29 is 13.6 Å². The van der Waals surface area contributed by atoms with Crippen LogP contribution < -0.4 is 5.32 Å². The van der Waals surface area contributed by atoms with E-state index in [0.29, 0.717) is 17.1 Å². The number of hydrogen-bond donors (Lipinski definition) is 1. The Balaban J connectivity index is 1.60. The predicted molar refractivity (Wildman–Crippen MR) is 90.1 cm³/mol.